The minimum atomic E-state index is -4.69. The molecule has 3 rings (SSSR count). The average molecular weight is 415 g/mol. The summed E-state index contributed by atoms with van der Waals surface area (Å²) < 4.78 is 63.1. The van der Waals surface area contributed by atoms with Crippen molar-refractivity contribution >= 4 is 15.7 Å². The van der Waals surface area contributed by atoms with Gasteiger partial charge < -0.3 is 9.64 Å². The molecule has 1 heterocycles. The molecule has 1 saturated heterocycles. The largest absolute Gasteiger partial charge is 0.573 e. The van der Waals surface area contributed by atoms with Gasteiger partial charge in [-0.3, -0.25) is 4.90 Å². The Bertz CT molecular complexity index is 892. The van der Waals surface area contributed by atoms with Gasteiger partial charge in [-0.2, -0.15) is 0 Å². The molecule has 1 aliphatic heterocycles. The van der Waals surface area contributed by atoms with E-state index in [1.165, 1.54) is 24.3 Å². The first-order valence-corrected chi connectivity index (χ1v) is 10.1. The molecule has 2 aromatic carbocycles. The van der Waals surface area contributed by atoms with Crippen molar-refractivity contribution in [3.8, 4) is 5.75 Å². The summed E-state index contributed by atoms with van der Waals surface area (Å²) in [7, 11) is -3.71. The molecule has 0 aromatic heterocycles. The van der Waals surface area contributed by atoms with Gasteiger partial charge in [0, 0.05) is 38.4 Å². The van der Waals surface area contributed by atoms with Crippen LogP contribution in [0.15, 0.2) is 53.4 Å². The highest BCUT2D eigenvalue weighted by atomic mass is 32.2. The van der Waals surface area contributed by atoms with Gasteiger partial charge in [-0.15, -0.1) is 13.2 Å². The van der Waals surface area contributed by atoms with Crippen LogP contribution in [0.25, 0.3) is 0 Å². The Labute approximate surface area is 161 Å². The highest BCUT2D eigenvalue weighted by Gasteiger charge is 2.31. The molecule has 152 valence electrons. The first-order valence-electron chi connectivity index (χ1n) is 8.55. The normalized spacial score (nSPS) is 16.2. The van der Waals surface area contributed by atoms with Crippen LogP contribution in [0.4, 0.5) is 18.9 Å². The van der Waals surface area contributed by atoms with E-state index in [2.05, 4.69) is 14.5 Å². The molecule has 0 unspecified atom stereocenters. The quantitative estimate of drug-likeness (QED) is 0.812. The van der Waals surface area contributed by atoms with Gasteiger partial charge >= 0.3 is 6.36 Å². The maximum Gasteiger partial charge on any atom is 0.573 e. The molecule has 10 heteroatoms. The second kappa shape index (κ2) is 7.98. The van der Waals surface area contributed by atoms with Gasteiger partial charge in [0.25, 0.3) is 0 Å². The second-order valence-corrected chi connectivity index (χ2v) is 8.06. The Morgan fingerprint density at radius 1 is 0.929 bits per heavy atom. The van der Waals surface area contributed by atoms with E-state index in [-0.39, 0.29) is 10.6 Å². The van der Waals surface area contributed by atoms with Gasteiger partial charge in [-0.1, -0.05) is 12.1 Å². The summed E-state index contributed by atoms with van der Waals surface area (Å²) >= 11 is 0. The van der Waals surface area contributed by atoms with Gasteiger partial charge in [0.1, 0.15) is 5.75 Å². The van der Waals surface area contributed by atoms with Crippen LogP contribution in [0.2, 0.25) is 0 Å². The van der Waals surface area contributed by atoms with E-state index in [0.29, 0.717) is 6.54 Å². The molecule has 0 radical (unpaired) electrons. The lowest BCUT2D eigenvalue weighted by Crippen LogP contribution is -2.45. The molecular formula is C18H20F3N3O3S. The van der Waals surface area contributed by atoms with Crippen LogP contribution in [0.5, 0.6) is 5.75 Å². The van der Waals surface area contributed by atoms with Crippen LogP contribution in [0, 0.1) is 0 Å². The van der Waals surface area contributed by atoms with Gasteiger partial charge in [0.15, 0.2) is 0 Å². The summed E-state index contributed by atoms with van der Waals surface area (Å²) in [5.41, 5.74) is 1.82. The molecule has 6 nitrogen and oxygen atoms in total. The topological polar surface area (TPSA) is 75.9 Å². The lowest BCUT2D eigenvalue weighted by Gasteiger charge is -2.36. The van der Waals surface area contributed by atoms with Crippen molar-refractivity contribution in [2.75, 3.05) is 31.1 Å². The highest BCUT2D eigenvalue weighted by molar-refractivity contribution is 7.89. The zero-order valence-corrected chi connectivity index (χ0v) is 15.7. The summed E-state index contributed by atoms with van der Waals surface area (Å²) in [5, 5.41) is 5.10. The van der Waals surface area contributed by atoms with Crippen molar-refractivity contribution in [3.63, 3.8) is 0 Å². The van der Waals surface area contributed by atoms with Crippen LogP contribution in [-0.2, 0) is 16.6 Å². The lowest BCUT2D eigenvalue weighted by molar-refractivity contribution is -0.274. The predicted octanol–water partition coefficient (Wildman–Crippen LogP) is 2.55. The number of piperazine rings is 1. The number of alkyl halides is 3. The number of benzene rings is 2. The van der Waals surface area contributed by atoms with Gasteiger partial charge in [0.05, 0.1) is 4.90 Å². The highest BCUT2D eigenvalue weighted by Crippen LogP contribution is 2.24. The van der Waals surface area contributed by atoms with Gasteiger partial charge in [-0.05, 0) is 42.0 Å². The Morgan fingerprint density at radius 3 is 2.00 bits per heavy atom. The number of nitrogens with zero attached hydrogens (tertiary/aromatic N) is 2. The van der Waals surface area contributed by atoms with E-state index >= 15 is 0 Å². The number of primary sulfonamides is 1. The van der Waals surface area contributed by atoms with E-state index in [0.717, 1.165) is 37.4 Å². The van der Waals surface area contributed by atoms with Crippen molar-refractivity contribution in [2.24, 2.45) is 5.14 Å². The third-order valence-corrected chi connectivity index (χ3v) is 5.40. The van der Waals surface area contributed by atoms with Crippen LogP contribution < -0.4 is 14.8 Å². The standard InChI is InChI=1S/C18H20F3N3O3S/c19-18(20,21)27-16-5-1-14(2-6-16)13-23-9-11-24(12-10-23)15-3-7-17(8-4-15)28(22,25)26/h1-8H,9-13H2,(H2,22,25,26). The predicted molar refractivity (Wildman–Crippen MR) is 98.4 cm³/mol. The summed E-state index contributed by atoms with van der Waals surface area (Å²) in [6.45, 7) is 3.69. The number of nitrogens with two attached hydrogens (primary N) is 1. The molecule has 1 aliphatic rings. The summed E-state index contributed by atoms with van der Waals surface area (Å²) in [4.78, 5) is 4.42. The number of rotatable bonds is 5. The van der Waals surface area contributed by atoms with E-state index in [1.54, 1.807) is 24.3 Å². The fourth-order valence-electron chi connectivity index (χ4n) is 3.07. The molecule has 0 spiro atoms. The smallest absolute Gasteiger partial charge is 0.406 e. The van der Waals surface area contributed by atoms with Crippen LogP contribution in [0.1, 0.15) is 5.56 Å². The van der Waals surface area contributed by atoms with Crippen molar-refractivity contribution in [1.29, 1.82) is 0 Å². The number of sulfonamides is 1. The third-order valence-electron chi connectivity index (χ3n) is 4.47. The number of halogens is 3. The van der Waals surface area contributed by atoms with Crippen LogP contribution in [0.3, 0.4) is 0 Å². The fraction of sp³-hybridized carbons (Fsp3) is 0.333. The minimum Gasteiger partial charge on any atom is -0.406 e. The van der Waals surface area contributed by atoms with Crippen molar-refractivity contribution < 1.29 is 26.3 Å². The van der Waals surface area contributed by atoms with E-state index < -0.39 is 16.4 Å². The third kappa shape index (κ3) is 5.60. The van der Waals surface area contributed by atoms with Crippen LogP contribution >= 0.6 is 0 Å². The first-order chi connectivity index (χ1) is 13.1. The van der Waals surface area contributed by atoms with Crippen molar-refractivity contribution in [3.05, 3.63) is 54.1 Å². The van der Waals surface area contributed by atoms with Crippen molar-refractivity contribution in [1.82, 2.24) is 4.90 Å². The summed E-state index contributed by atoms with van der Waals surface area (Å²) in [6, 6.07) is 12.3. The second-order valence-electron chi connectivity index (χ2n) is 6.49. The lowest BCUT2D eigenvalue weighted by atomic mass is 10.2. The summed E-state index contributed by atoms with van der Waals surface area (Å²) in [5.74, 6) is -0.232. The minimum absolute atomic E-state index is 0.0767. The van der Waals surface area contributed by atoms with E-state index in [9.17, 15) is 21.6 Å². The molecule has 28 heavy (non-hydrogen) atoms. The van der Waals surface area contributed by atoms with Gasteiger partial charge in [-0.25, -0.2) is 13.6 Å². The maximum absolute atomic E-state index is 12.2. The Hall–Kier alpha value is -2.30. The monoisotopic (exact) mass is 415 g/mol. The first kappa shape index (κ1) is 20.4. The van der Waals surface area contributed by atoms with Crippen molar-refractivity contribution in [2.45, 2.75) is 17.8 Å². The maximum atomic E-state index is 12.2. The molecule has 0 bridgehead atoms. The molecule has 0 saturated carbocycles. The van der Waals surface area contributed by atoms with Gasteiger partial charge in [0.2, 0.25) is 10.0 Å². The SMILES string of the molecule is NS(=O)(=O)c1ccc(N2CCN(Cc3ccc(OC(F)(F)F)cc3)CC2)cc1. The Morgan fingerprint density at radius 2 is 1.50 bits per heavy atom. The molecule has 0 aliphatic carbocycles. The Balaban J connectivity index is 1.53. The number of hydrogen-bond acceptors (Lipinski definition) is 5. The molecule has 0 amide bonds. The number of anilines is 1. The Kier molecular flexibility index (Phi) is 5.82. The molecule has 0 atom stereocenters. The molecular weight excluding hydrogens is 395 g/mol. The number of hydrogen-bond donors (Lipinski definition) is 1. The van der Waals surface area contributed by atoms with Crippen LogP contribution in [-0.4, -0.2) is 45.9 Å². The molecule has 2 N–H and O–H groups in total. The zero-order valence-electron chi connectivity index (χ0n) is 14.9. The molecule has 2 aromatic rings. The summed E-state index contributed by atoms with van der Waals surface area (Å²) in [6.07, 6.45) is -4.69. The zero-order chi connectivity index (χ0) is 20.4. The number of ether oxygens (including phenoxy) is 1. The van der Waals surface area contributed by atoms with E-state index in [1.807, 2.05) is 0 Å². The molecule has 1 fully saturated rings. The van der Waals surface area contributed by atoms with E-state index in [4.69, 9.17) is 5.14 Å². The average Bonchev–Trinajstić information content (AvgIpc) is 2.62. The fourth-order valence-corrected chi connectivity index (χ4v) is 3.58.